The van der Waals surface area contributed by atoms with Crippen LogP contribution in [0, 0.1) is 0 Å². The Hall–Kier alpha value is -5.22. The molecule has 0 fully saturated rings. The Balaban J connectivity index is 1.16. The van der Waals surface area contributed by atoms with Gasteiger partial charge in [-0.3, -0.25) is 9.78 Å². The molecular weight excluding hydrogens is 630 g/mol. The summed E-state index contributed by atoms with van der Waals surface area (Å²) >= 11 is 6.62. The van der Waals surface area contributed by atoms with Crippen LogP contribution in [0.2, 0.25) is 5.02 Å². The number of carbonyl (C=O) groups is 3. The first-order chi connectivity index (χ1) is 23.0. The average molecular weight is 668 g/mol. The van der Waals surface area contributed by atoms with Gasteiger partial charge in [0.25, 0.3) is 0 Å². The number of carboxylic acids is 1. The van der Waals surface area contributed by atoms with Crippen LogP contribution in [0.3, 0.4) is 0 Å². The van der Waals surface area contributed by atoms with Crippen molar-refractivity contribution in [3.05, 3.63) is 101 Å². The number of halogens is 1. The number of pyridine rings is 2. The number of nitrogens with zero attached hydrogens (tertiary/aromatic N) is 3. The summed E-state index contributed by atoms with van der Waals surface area (Å²) in [4.78, 5) is 47.8. The Morgan fingerprint density at radius 2 is 1.73 bits per heavy atom. The first-order valence-electron chi connectivity index (χ1n) is 15.7. The Morgan fingerprint density at radius 1 is 0.938 bits per heavy atom. The highest BCUT2D eigenvalue weighted by molar-refractivity contribution is 6.33. The molecule has 2 amide bonds. The highest BCUT2D eigenvalue weighted by Gasteiger charge is 2.23. The topological polar surface area (TPSA) is 134 Å². The molecule has 0 aliphatic carbocycles. The number of carboxylic acid groups (broad SMARTS) is 1. The van der Waals surface area contributed by atoms with Crippen LogP contribution in [0.25, 0.3) is 32.8 Å². The molecule has 11 heteroatoms. The first kappa shape index (κ1) is 34.1. The predicted molar refractivity (Wildman–Crippen MR) is 188 cm³/mol. The molecule has 0 radical (unpaired) electrons. The maximum absolute atomic E-state index is 13.1. The number of benzene rings is 3. The molecule has 0 aliphatic heterocycles. The van der Waals surface area contributed by atoms with Gasteiger partial charge in [0.2, 0.25) is 5.91 Å². The Bertz CT molecular complexity index is 1940. The van der Waals surface area contributed by atoms with Gasteiger partial charge in [-0.2, -0.15) is 0 Å². The molecule has 0 spiro atoms. The molecule has 0 saturated heterocycles. The largest absolute Gasteiger partial charge is 0.478 e. The van der Waals surface area contributed by atoms with Crippen LogP contribution >= 0.6 is 11.6 Å². The number of hydrogen-bond acceptors (Lipinski definition) is 7. The van der Waals surface area contributed by atoms with Crippen LogP contribution < -0.4 is 10.6 Å². The molecule has 248 valence electrons. The van der Waals surface area contributed by atoms with Crippen molar-refractivity contribution < 1.29 is 24.2 Å². The maximum atomic E-state index is 13.1. The van der Waals surface area contributed by atoms with E-state index in [4.69, 9.17) is 16.3 Å². The lowest BCUT2D eigenvalue weighted by Gasteiger charge is -2.27. The van der Waals surface area contributed by atoms with Gasteiger partial charge in [0.15, 0.2) is 0 Å². The van der Waals surface area contributed by atoms with E-state index in [1.807, 2.05) is 54.6 Å². The molecule has 2 heterocycles. The number of carbonyl (C=O) groups excluding carboxylic acids is 2. The normalized spacial score (nSPS) is 11.3. The van der Waals surface area contributed by atoms with Crippen molar-refractivity contribution in [1.82, 2.24) is 20.2 Å². The van der Waals surface area contributed by atoms with Gasteiger partial charge in [-0.1, -0.05) is 60.1 Å². The summed E-state index contributed by atoms with van der Waals surface area (Å²) in [5, 5.41) is 18.8. The van der Waals surface area contributed by atoms with E-state index in [1.165, 1.54) is 4.90 Å². The standard InChI is InChI=1S/C37H38ClN5O5/c1-37(2,3)48-36(47)43(23-24-10-12-27(31(38)20-24)25-8-5-4-6-9-25)19-15-33(44)40-16-7-17-41-34-29-14-18-39-22-30(29)28-13-11-26(35(45)46)21-32(28)42-34/h4-6,8-14,18,20-22H,7,15-17,19,23H2,1-3H3,(H,40,44)(H,41,42)(H,45,46). The van der Waals surface area contributed by atoms with E-state index in [2.05, 4.69) is 20.6 Å². The van der Waals surface area contributed by atoms with Crippen molar-refractivity contribution in [1.29, 1.82) is 0 Å². The molecule has 0 aliphatic rings. The smallest absolute Gasteiger partial charge is 0.410 e. The molecule has 3 aromatic carbocycles. The van der Waals surface area contributed by atoms with Gasteiger partial charge in [-0.25, -0.2) is 14.6 Å². The van der Waals surface area contributed by atoms with Crippen molar-refractivity contribution in [3.63, 3.8) is 0 Å². The molecule has 3 N–H and O–H groups in total. The molecule has 0 unspecified atom stereocenters. The Morgan fingerprint density at radius 3 is 2.46 bits per heavy atom. The average Bonchev–Trinajstić information content (AvgIpc) is 3.05. The quantitative estimate of drug-likeness (QED) is 0.0918. The van der Waals surface area contributed by atoms with Crippen LogP contribution in [-0.2, 0) is 16.1 Å². The van der Waals surface area contributed by atoms with E-state index in [-0.39, 0.29) is 31.0 Å². The number of nitrogens with one attached hydrogen (secondary N) is 2. The second-order valence-electron chi connectivity index (χ2n) is 12.4. The predicted octanol–water partition coefficient (Wildman–Crippen LogP) is 7.55. The number of anilines is 1. The highest BCUT2D eigenvalue weighted by Crippen LogP contribution is 2.30. The van der Waals surface area contributed by atoms with Crippen molar-refractivity contribution in [2.75, 3.05) is 25.0 Å². The second kappa shape index (κ2) is 15.1. The molecular formula is C37H38ClN5O5. The van der Waals surface area contributed by atoms with E-state index < -0.39 is 17.7 Å². The van der Waals surface area contributed by atoms with Crippen LogP contribution in [-0.4, -0.2) is 63.2 Å². The second-order valence-corrected chi connectivity index (χ2v) is 12.8. The molecule has 5 aromatic rings. The van der Waals surface area contributed by atoms with Gasteiger partial charge < -0.3 is 25.4 Å². The minimum atomic E-state index is -1.02. The van der Waals surface area contributed by atoms with Crippen LogP contribution in [0.1, 0.15) is 49.5 Å². The minimum Gasteiger partial charge on any atom is -0.478 e. The van der Waals surface area contributed by atoms with Crippen LogP contribution in [0.4, 0.5) is 10.6 Å². The van der Waals surface area contributed by atoms with E-state index >= 15 is 0 Å². The molecule has 2 aromatic heterocycles. The molecule has 48 heavy (non-hydrogen) atoms. The van der Waals surface area contributed by atoms with Gasteiger partial charge in [0, 0.05) is 71.7 Å². The number of rotatable bonds is 12. The summed E-state index contributed by atoms with van der Waals surface area (Å²) in [6, 6.07) is 22.2. The summed E-state index contributed by atoms with van der Waals surface area (Å²) in [6.45, 7) is 6.72. The van der Waals surface area contributed by atoms with Crippen LogP contribution in [0.15, 0.2) is 85.2 Å². The third kappa shape index (κ3) is 8.77. The van der Waals surface area contributed by atoms with E-state index in [0.717, 1.165) is 32.8 Å². The lowest BCUT2D eigenvalue weighted by molar-refractivity contribution is -0.121. The van der Waals surface area contributed by atoms with E-state index in [9.17, 15) is 19.5 Å². The zero-order chi connectivity index (χ0) is 34.3. The zero-order valence-corrected chi connectivity index (χ0v) is 27.9. The monoisotopic (exact) mass is 667 g/mol. The summed E-state index contributed by atoms with van der Waals surface area (Å²) in [6.07, 6.45) is 3.61. The van der Waals surface area contributed by atoms with Crippen molar-refractivity contribution in [3.8, 4) is 11.1 Å². The summed E-state index contributed by atoms with van der Waals surface area (Å²) in [7, 11) is 0. The molecule has 0 bridgehead atoms. The molecule has 0 saturated carbocycles. The van der Waals surface area contributed by atoms with Gasteiger partial charge in [-0.15, -0.1) is 0 Å². The fraction of sp³-hybridized carbons (Fsp3) is 0.270. The van der Waals surface area contributed by atoms with Gasteiger partial charge in [-0.05, 0) is 62.6 Å². The summed E-state index contributed by atoms with van der Waals surface area (Å²) < 4.78 is 5.63. The maximum Gasteiger partial charge on any atom is 0.410 e. The first-order valence-corrected chi connectivity index (χ1v) is 16.1. The number of fused-ring (bicyclic) bond motifs is 3. The summed E-state index contributed by atoms with van der Waals surface area (Å²) in [5.41, 5.74) is 2.73. The van der Waals surface area contributed by atoms with Crippen LogP contribution in [0.5, 0.6) is 0 Å². The fourth-order valence-corrected chi connectivity index (χ4v) is 5.57. The number of amides is 2. The lowest BCUT2D eigenvalue weighted by atomic mass is 10.0. The highest BCUT2D eigenvalue weighted by atomic mass is 35.5. The van der Waals surface area contributed by atoms with Gasteiger partial charge in [0.05, 0.1) is 11.1 Å². The fourth-order valence-electron chi connectivity index (χ4n) is 5.25. The van der Waals surface area contributed by atoms with Crippen molar-refractivity contribution >= 4 is 57.1 Å². The van der Waals surface area contributed by atoms with E-state index in [0.29, 0.717) is 35.9 Å². The lowest BCUT2D eigenvalue weighted by Crippen LogP contribution is -2.39. The molecule has 5 rings (SSSR count). The molecule has 0 atom stereocenters. The number of aromatic nitrogens is 2. The van der Waals surface area contributed by atoms with E-state index in [1.54, 1.807) is 51.4 Å². The van der Waals surface area contributed by atoms with Gasteiger partial charge >= 0.3 is 12.1 Å². The third-order valence-electron chi connectivity index (χ3n) is 7.56. The number of hydrogen-bond donors (Lipinski definition) is 3. The summed E-state index contributed by atoms with van der Waals surface area (Å²) in [5.74, 6) is -0.604. The van der Waals surface area contributed by atoms with Crippen molar-refractivity contribution in [2.24, 2.45) is 0 Å². The third-order valence-corrected chi connectivity index (χ3v) is 7.88. The zero-order valence-electron chi connectivity index (χ0n) is 27.1. The molecule has 10 nitrogen and oxygen atoms in total. The Labute approximate surface area is 284 Å². The SMILES string of the molecule is CC(C)(C)OC(=O)N(CCC(=O)NCCCNc1nc2cc(C(=O)O)ccc2c2cnccc12)Cc1ccc(-c2ccccc2)c(Cl)c1. The van der Waals surface area contributed by atoms with Crippen molar-refractivity contribution in [2.45, 2.75) is 45.8 Å². The number of aromatic carboxylic acids is 1. The minimum absolute atomic E-state index is 0.0955. The Kier molecular flexibility index (Phi) is 10.8. The number of ether oxygens (including phenoxy) is 1. The van der Waals surface area contributed by atoms with Gasteiger partial charge in [0.1, 0.15) is 11.4 Å².